The third-order valence-electron chi connectivity index (χ3n) is 4.85. The standard InChI is InChI=1S/C25H25Cl2NO2S/c1-16(2)13-18-9-7-17(8-10-18)11-12-19-14-21(25(31-19)28-23(29)15-26)24(30)20-5-3-4-6-22(20)27/h3-10,14,16H,11-13,15H2,1-2H3,(H,28,29). The molecule has 2 aromatic carbocycles. The monoisotopic (exact) mass is 473 g/mol. The number of thiophene rings is 1. The maximum Gasteiger partial charge on any atom is 0.239 e. The molecule has 1 amide bonds. The average Bonchev–Trinajstić information content (AvgIpc) is 3.15. The molecule has 0 fully saturated rings. The lowest BCUT2D eigenvalue weighted by Gasteiger charge is -2.06. The van der Waals surface area contributed by atoms with Crippen molar-refractivity contribution in [2.24, 2.45) is 5.92 Å². The molecule has 0 aliphatic rings. The molecule has 0 aliphatic carbocycles. The van der Waals surface area contributed by atoms with E-state index in [1.54, 1.807) is 24.3 Å². The van der Waals surface area contributed by atoms with Gasteiger partial charge >= 0.3 is 0 Å². The van der Waals surface area contributed by atoms with Crippen molar-refractivity contribution in [3.63, 3.8) is 0 Å². The number of amides is 1. The van der Waals surface area contributed by atoms with Crippen LogP contribution < -0.4 is 5.32 Å². The van der Waals surface area contributed by atoms with Crippen LogP contribution in [-0.4, -0.2) is 17.6 Å². The maximum atomic E-state index is 13.1. The van der Waals surface area contributed by atoms with Gasteiger partial charge in [-0.2, -0.15) is 0 Å². The zero-order valence-corrected chi connectivity index (χ0v) is 19.9. The Hall–Kier alpha value is -2.14. The Labute approximate surface area is 197 Å². The highest BCUT2D eigenvalue weighted by Crippen LogP contribution is 2.32. The van der Waals surface area contributed by atoms with Crippen LogP contribution in [0.5, 0.6) is 0 Å². The highest BCUT2D eigenvalue weighted by atomic mass is 35.5. The van der Waals surface area contributed by atoms with Gasteiger partial charge in [-0.15, -0.1) is 22.9 Å². The predicted octanol–water partition coefficient (Wildman–Crippen LogP) is 6.79. The van der Waals surface area contributed by atoms with Gasteiger partial charge in [0, 0.05) is 10.4 Å². The Kier molecular flexibility index (Phi) is 8.30. The summed E-state index contributed by atoms with van der Waals surface area (Å²) in [7, 11) is 0. The van der Waals surface area contributed by atoms with E-state index >= 15 is 0 Å². The number of benzene rings is 2. The van der Waals surface area contributed by atoms with E-state index in [1.807, 2.05) is 6.07 Å². The number of hydrogen-bond donors (Lipinski definition) is 1. The smallest absolute Gasteiger partial charge is 0.239 e. The lowest BCUT2D eigenvalue weighted by molar-refractivity contribution is -0.113. The second-order valence-electron chi connectivity index (χ2n) is 7.86. The van der Waals surface area contributed by atoms with Crippen molar-refractivity contribution in [1.82, 2.24) is 0 Å². The molecule has 0 radical (unpaired) electrons. The predicted molar refractivity (Wildman–Crippen MR) is 131 cm³/mol. The summed E-state index contributed by atoms with van der Waals surface area (Å²) in [6, 6.07) is 17.5. The first-order chi connectivity index (χ1) is 14.9. The van der Waals surface area contributed by atoms with Gasteiger partial charge < -0.3 is 5.32 Å². The minimum absolute atomic E-state index is 0.171. The number of ketones is 1. The molecule has 0 unspecified atom stereocenters. The van der Waals surface area contributed by atoms with Gasteiger partial charge in [-0.25, -0.2) is 0 Å². The van der Waals surface area contributed by atoms with Gasteiger partial charge in [0.15, 0.2) is 5.78 Å². The molecular weight excluding hydrogens is 449 g/mol. The largest absolute Gasteiger partial charge is 0.316 e. The second kappa shape index (κ2) is 10.9. The zero-order chi connectivity index (χ0) is 22.4. The minimum Gasteiger partial charge on any atom is -0.316 e. The summed E-state index contributed by atoms with van der Waals surface area (Å²) in [6.07, 6.45) is 2.70. The summed E-state index contributed by atoms with van der Waals surface area (Å²) in [5, 5.41) is 3.66. The Morgan fingerprint density at radius 3 is 2.29 bits per heavy atom. The summed E-state index contributed by atoms with van der Waals surface area (Å²) in [5.74, 6) is -0.0944. The van der Waals surface area contributed by atoms with E-state index in [0.29, 0.717) is 27.1 Å². The number of aryl methyl sites for hydroxylation is 2. The van der Waals surface area contributed by atoms with Crippen LogP contribution in [0.3, 0.4) is 0 Å². The molecule has 0 atom stereocenters. The Morgan fingerprint density at radius 1 is 0.968 bits per heavy atom. The first-order valence-electron chi connectivity index (χ1n) is 10.2. The van der Waals surface area contributed by atoms with Gasteiger partial charge in [0.05, 0.1) is 10.6 Å². The summed E-state index contributed by atoms with van der Waals surface area (Å²) in [6.45, 7) is 4.43. The Balaban J connectivity index is 1.79. The Morgan fingerprint density at radius 2 is 1.65 bits per heavy atom. The topological polar surface area (TPSA) is 46.2 Å². The molecule has 3 aromatic rings. The van der Waals surface area contributed by atoms with E-state index in [-0.39, 0.29) is 17.6 Å². The molecule has 1 N–H and O–H groups in total. The van der Waals surface area contributed by atoms with Crippen molar-refractivity contribution >= 4 is 51.2 Å². The SMILES string of the molecule is CC(C)Cc1ccc(CCc2cc(C(=O)c3ccccc3Cl)c(NC(=O)CCl)s2)cc1. The summed E-state index contributed by atoms with van der Waals surface area (Å²) < 4.78 is 0. The lowest BCUT2D eigenvalue weighted by Crippen LogP contribution is -2.14. The van der Waals surface area contributed by atoms with Gasteiger partial charge in [-0.1, -0.05) is 61.8 Å². The molecule has 162 valence electrons. The van der Waals surface area contributed by atoms with Crippen LogP contribution in [0.1, 0.15) is 45.8 Å². The van der Waals surface area contributed by atoms with Crippen molar-refractivity contribution in [2.45, 2.75) is 33.1 Å². The van der Waals surface area contributed by atoms with E-state index in [0.717, 1.165) is 24.1 Å². The normalized spacial score (nSPS) is 11.0. The molecule has 1 heterocycles. The number of alkyl halides is 1. The van der Waals surface area contributed by atoms with Crippen LogP contribution in [0.4, 0.5) is 5.00 Å². The fraction of sp³-hybridized carbons (Fsp3) is 0.280. The number of anilines is 1. The third kappa shape index (κ3) is 6.42. The van der Waals surface area contributed by atoms with E-state index in [1.165, 1.54) is 22.5 Å². The molecule has 0 spiro atoms. The number of carbonyl (C=O) groups is 2. The van der Waals surface area contributed by atoms with Crippen LogP contribution in [-0.2, 0) is 24.1 Å². The third-order valence-corrected chi connectivity index (χ3v) is 6.53. The maximum absolute atomic E-state index is 13.1. The quantitative estimate of drug-likeness (QED) is 0.274. The van der Waals surface area contributed by atoms with Crippen molar-refractivity contribution in [2.75, 3.05) is 11.2 Å². The molecule has 0 bridgehead atoms. The number of nitrogens with one attached hydrogen (secondary N) is 1. The second-order valence-corrected chi connectivity index (χ2v) is 9.67. The number of rotatable bonds is 9. The van der Waals surface area contributed by atoms with E-state index in [2.05, 4.69) is 43.4 Å². The minimum atomic E-state index is -0.344. The van der Waals surface area contributed by atoms with E-state index < -0.39 is 0 Å². The van der Waals surface area contributed by atoms with Crippen molar-refractivity contribution in [3.05, 3.63) is 86.8 Å². The first-order valence-corrected chi connectivity index (χ1v) is 12.0. The summed E-state index contributed by atoms with van der Waals surface area (Å²) in [5.41, 5.74) is 3.44. The fourth-order valence-corrected chi connectivity index (χ4v) is 4.72. The van der Waals surface area contributed by atoms with Crippen LogP contribution in [0, 0.1) is 5.92 Å². The molecule has 0 aliphatic heterocycles. The Bertz CT molecular complexity index is 1060. The molecule has 6 heteroatoms. The van der Waals surface area contributed by atoms with Crippen molar-refractivity contribution in [3.8, 4) is 0 Å². The molecular formula is C25H25Cl2NO2S. The van der Waals surface area contributed by atoms with E-state index in [9.17, 15) is 9.59 Å². The van der Waals surface area contributed by atoms with Gasteiger partial charge in [-0.05, 0) is 54.5 Å². The molecule has 0 saturated carbocycles. The van der Waals surface area contributed by atoms with Crippen molar-refractivity contribution in [1.29, 1.82) is 0 Å². The zero-order valence-electron chi connectivity index (χ0n) is 17.6. The van der Waals surface area contributed by atoms with Gasteiger partial charge in [0.2, 0.25) is 5.91 Å². The molecule has 1 aromatic heterocycles. The van der Waals surface area contributed by atoms with E-state index in [4.69, 9.17) is 23.2 Å². The summed E-state index contributed by atoms with van der Waals surface area (Å²) >= 11 is 13.3. The number of carbonyl (C=O) groups excluding carboxylic acids is 2. The highest BCUT2D eigenvalue weighted by Gasteiger charge is 2.21. The highest BCUT2D eigenvalue weighted by molar-refractivity contribution is 7.16. The van der Waals surface area contributed by atoms with Crippen LogP contribution in [0.25, 0.3) is 0 Å². The molecule has 3 nitrogen and oxygen atoms in total. The van der Waals surface area contributed by atoms with Crippen LogP contribution >= 0.6 is 34.5 Å². The molecule has 3 rings (SSSR count). The fourth-order valence-electron chi connectivity index (χ4n) is 3.36. The van der Waals surface area contributed by atoms with Crippen LogP contribution in [0.15, 0.2) is 54.6 Å². The summed E-state index contributed by atoms with van der Waals surface area (Å²) in [4.78, 5) is 26.0. The molecule has 31 heavy (non-hydrogen) atoms. The van der Waals surface area contributed by atoms with Crippen molar-refractivity contribution < 1.29 is 9.59 Å². The lowest BCUT2D eigenvalue weighted by atomic mass is 10.00. The van der Waals surface area contributed by atoms with Crippen LogP contribution in [0.2, 0.25) is 5.02 Å². The van der Waals surface area contributed by atoms with Gasteiger partial charge in [0.1, 0.15) is 10.9 Å². The number of halogens is 2. The molecule has 0 saturated heterocycles. The van der Waals surface area contributed by atoms with Gasteiger partial charge in [0.25, 0.3) is 0 Å². The number of hydrogen-bond acceptors (Lipinski definition) is 3. The van der Waals surface area contributed by atoms with Gasteiger partial charge in [-0.3, -0.25) is 9.59 Å². The first kappa shape index (κ1) is 23.5. The average molecular weight is 474 g/mol.